The maximum absolute atomic E-state index is 14.6. The fourth-order valence-corrected chi connectivity index (χ4v) is 8.42. The Morgan fingerprint density at radius 1 is 1.02 bits per heavy atom. The van der Waals surface area contributed by atoms with Gasteiger partial charge in [0.05, 0.1) is 54.4 Å². The lowest BCUT2D eigenvalue weighted by Gasteiger charge is -2.48. The molecule has 56 heavy (non-hydrogen) atoms. The number of esters is 2. The number of benzene rings is 1. The molecule has 14 nitrogen and oxygen atoms in total. The van der Waals surface area contributed by atoms with Crippen LogP contribution in [-0.2, 0) is 47.6 Å². The average Bonchev–Trinajstić information content (AvgIpc) is 3.16. The maximum atomic E-state index is 14.6. The van der Waals surface area contributed by atoms with Crippen LogP contribution in [0.2, 0.25) is 0 Å². The number of carbonyl (C=O) groups excluding carboxylic acids is 3. The van der Waals surface area contributed by atoms with Crippen molar-refractivity contribution in [3.05, 3.63) is 48.0 Å². The zero-order valence-electron chi connectivity index (χ0n) is 35.0. The van der Waals surface area contributed by atoms with Crippen molar-refractivity contribution in [2.75, 3.05) is 41.2 Å². The number of ether oxygens (including phenoxy) is 7. The van der Waals surface area contributed by atoms with Gasteiger partial charge in [-0.15, -0.1) is 0 Å². The molecule has 3 aliphatic heterocycles. The minimum atomic E-state index is -1.71. The van der Waals surface area contributed by atoms with Gasteiger partial charge in [-0.1, -0.05) is 63.2 Å². The maximum Gasteiger partial charge on any atom is 0.338 e. The Kier molecular flexibility index (Phi) is 16.2. The lowest BCUT2D eigenvalue weighted by Crippen LogP contribution is -2.61. The van der Waals surface area contributed by atoms with Gasteiger partial charge in [0.1, 0.15) is 17.6 Å². The first kappa shape index (κ1) is 45.5. The molecule has 2 bridgehead atoms. The highest BCUT2D eigenvalue weighted by molar-refractivity contribution is 6.00. The van der Waals surface area contributed by atoms with Crippen molar-refractivity contribution in [1.82, 2.24) is 4.90 Å². The van der Waals surface area contributed by atoms with E-state index in [2.05, 4.69) is 5.16 Å². The highest BCUT2D eigenvalue weighted by Crippen LogP contribution is 2.40. The van der Waals surface area contributed by atoms with Gasteiger partial charge in [0, 0.05) is 24.9 Å². The van der Waals surface area contributed by atoms with E-state index in [0.717, 1.165) is 0 Å². The van der Waals surface area contributed by atoms with E-state index < -0.39 is 83.3 Å². The first-order valence-corrected chi connectivity index (χ1v) is 19.8. The third-order valence-electron chi connectivity index (χ3n) is 11.5. The van der Waals surface area contributed by atoms with Crippen LogP contribution in [0.5, 0.6) is 0 Å². The summed E-state index contributed by atoms with van der Waals surface area (Å²) in [6.45, 7) is 14.3. The molecule has 0 spiro atoms. The molecule has 0 radical (unpaired) electrons. The van der Waals surface area contributed by atoms with Crippen LogP contribution in [0.3, 0.4) is 0 Å². The summed E-state index contributed by atoms with van der Waals surface area (Å²) < 4.78 is 44.0. The quantitative estimate of drug-likeness (QED) is 0.0894. The van der Waals surface area contributed by atoms with E-state index in [4.69, 9.17) is 38.0 Å². The molecular weight excluding hydrogens is 724 g/mol. The molecule has 0 aromatic heterocycles. The molecule has 1 aromatic rings. The summed E-state index contributed by atoms with van der Waals surface area (Å²) in [7, 11) is 5.29. The Morgan fingerprint density at radius 2 is 1.70 bits per heavy atom. The molecule has 1 unspecified atom stereocenters. The number of rotatable bonds is 9. The number of hydrogen-bond acceptors (Lipinski definition) is 14. The second kappa shape index (κ2) is 20.0. The Morgan fingerprint density at radius 3 is 2.34 bits per heavy atom. The Bertz CT molecular complexity index is 1520. The molecule has 0 aliphatic carbocycles. The Labute approximate surface area is 332 Å². The van der Waals surface area contributed by atoms with Gasteiger partial charge >= 0.3 is 11.9 Å². The average molecular weight is 789 g/mol. The van der Waals surface area contributed by atoms with Crippen molar-refractivity contribution in [1.29, 1.82) is 0 Å². The largest absolute Gasteiger partial charge is 0.459 e. The van der Waals surface area contributed by atoms with E-state index in [1.54, 1.807) is 51.1 Å². The molecule has 314 valence electrons. The number of nitrogens with zero attached hydrogens (tertiary/aromatic N) is 2. The molecule has 1 aromatic carbocycles. The first-order valence-electron chi connectivity index (χ1n) is 19.8. The van der Waals surface area contributed by atoms with Crippen LogP contribution >= 0.6 is 0 Å². The summed E-state index contributed by atoms with van der Waals surface area (Å²) in [5, 5.41) is 16.8. The fraction of sp³-hybridized carbons (Fsp3) is 0.714. The summed E-state index contributed by atoms with van der Waals surface area (Å²) in [6, 6.07) is 8.38. The molecule has 0 saturated carbocycles. The number of oxime groups is 1. The molecule has 1 N–H and O–H groups in total. The van der Waals surface area contributed by atoms with E-state index in [1.807, 2.05) is 58.8 Å². The standard InChI is InChI=1S/C42H64N2O12/c1-12-32-42(8,48)37-27(4)33(43-52-24-49-11)25(2)23-41(7,51-21-17-16-20-50-37)36(28(5)34(45)29(6)38(46)54-32)56-40-35(31(44(9)10)22-26(3)53-40)55-39(47)30-18-14-13-15-19-30/h13-19,25-29,31-32,35-37,40,48H,12,20-24H2,1-11H3/b17-16+,43-33+/t25-,26-,27+,28+,29?,31+,32-,35-,36-,37-,40+,41+,42-/m1/s1. The number of fused-ring (bicyclic) bond motifs is 5. The lowest BCUT2D eigenvalue weighted by atomic mass is 9.73. The molecule has 14 heteroatoms. The van der Waals surface area contributed by atoms with Crippen LogP contribution in [0.1, 0.15) is 85.0 Å². The van der Waals surface area contributed by atoms with Gasteiger partial charge in [-0.25, -0.2) is 4.79 Å². The van der Waals surface area contributed by atoms with Crippen LogP contribution in [0.25, 0.3) is 0 Å². The number of aliphatic hydroxyl groups is 1. The molecule has 13 atom stereocenters. The fourth-order valence-electron chi connectivity index (χ4n) is 8.42. The number of Topliss-reactive ketones (excluding diaryl/α,β-unsaturated/α-hetero) is 1. The molecule has 0 amide bonds. The van der Waals surface area contributed by atoms with Gasteiger partial charge in [-0.2, -0.15) is 0 Å². The van der Waals surface area contributed by atoms with E-state index in [1.165, 1.54) is 14.0 Å². The minimum Gasteiger partial charge on any atom is -0.459 e. The van der Waals surface area contributed by atoms with Gasteiger partial charge in [-0.3, -0.25) is 9.59 Å². The smallest absolute Gasteiger partial charge is 0.338 e. The van der Waals surface area contributed by atoms with Crippen molar-refractivity contribution in [3.8, 4) is 0 Å². The van der Waals surface area contributed by atoms with Gasteiger partial charge < -0.3 is 48.0 Å². The van der Waals surface area contributed by atoms with Crippen molar-refractivity contribution in [2.45, 2.75) is 129 Å². The van der Waals surface area contributed by atoms with Crippen LogP contribution in [0.15, 0.2) is 47.6 Å². The van der Waals surface area contributed by atoms with Crippen LogP contribution in [0.4, 0.5) is 0 Å². The van der Waals surface area contributed by atoms with E-state index in [-0.39, 0.29) is 45.0 Å². The normalized spacial score (nSPS) is 39.1. The lowest BCUT2D eigenvalue weighted by molar-refractivity contribution is -0.295. The summed E-state index contributed by atoms with van der Waals surface area (Å²) in [6.07, 6.45) is -0.751. The van der Waals surface area contributed by atoms with Crippen molar-refractivity contribution < 1.29 is 57.5 Å². The van der Waals surface area contributed by atoms with Gasteiger partial charge in [0.2, 0.25) is 6.79 Å². The predicted molar refractivity (Wildman–Crippen MR) is 208 cm³/mol. The predicted octanol–water partition coefficient (Wildman–Crippen LogP) is 4.96. The molecule has 3 heterocycles. The zero-order chi connectivity index (χ0) is 41.4. The van der Waals surface area contributed by atoms with Gasteiger partial charge in [0.25, 0.3) is 0 Å². The summed E-state index contributed by atoms with van der Waals surface area (Å²) in [5.74, 6) is -4.99. The summed E-state index contributed by atoms with van der Waals surface area (Å²) >= 11 is 0. The topological polar surface area (TPSA) is 161 Å². The number of carbonyl (C=O) groups is 3. The number of ketones is 1. The third kappa shape index (κ3) is 10.6. The number of cyclic esters (lactones) is 1. The van der Waals surface area contributed by atoms with E-state index in [0.29, 0.717) is 17.7 Å². The second-order valence-corrected chi connectivity index (χ2v) is 16.1. The highest BCUT2D eigenvalue weighted by Gasteiger charge is 2.53. The Balaban J connectivity index is 1.91. The highest BCUT2D eigenvalue weighted by atomic mass is 16.7. The summed E-state index contributed by atoms with van der Waals surface area (Å²) in [5.41, 5.74) is -2.07. The van der Waals surface area contributed by atoms with E-state index in [9.17, 15) is 19.5 Å². The third-order valence-corrected chi connectivity index (χ3v) is 11.5. The first-order chi connectivity index (χ1) is 26.5. The molecule has 2 saturated heterocycles. The molecule has 2 fully saturated rings. The summed E-state index contributed by atoms with van der Waals surface area (Å²) in [4.78, 5) is 49.6. The van der Waals surface area contributed by atoms with Crippen LogP contribution in [0, 0.1) is 23.7 Å². The Hall–Kier alpha value is -3.24. The SMILES string of the molecule is CC[C@H]1OC(=O)C(C)C(=O)[C@H](C)[C@@H](O[C@@H]2O[C@H](C)C[C@H](N(C)C)[C@H]2OC(=O)c2ccccc2)[C@]2(C)C[C@@H](C)/C(=N\OCOC)[C@H](C)[C@@H](OC/C=C/CO2)[C@]1(C)O. The number of methoxy groups -OCH3 is 1. The van der Waals surface area contributed by atoms with Gasteiger partial charge in [-0.05, 0) is 73.2 Å². The molecule has 3 aliphatic rings. The van der Waals surface area contributed by atoms with Crippen molar-refractivity contribution in [2.24, 2.45) is 28.8 Å². The van der Waals surface area contributed by atoms with E-state index >= 15 is 0 Å². The molecule has 4 rings (SSSR count). The van der Waals surface area contributed by atoms with Crippen molar-refractivity contribution >= 4 is 23.4 Å². The van der Waals surface area contributed by atoms with Crippen LogP contribution in [-0.4, -0.2) is 129 Å². The minimum absolute atomic E-state index is 0.107. The second-order valence-electron chi connectivity index (χ2n) is 16.1. The number of hydrogen-bond donors (Lipinski definition) is 1. The van der Waals surface area contributed by atoms with Gasteiger partial charge in [0.15, 0.2) is 18.2 Å². The number of likely N-dealkylation sites (N-methyl/N-ethyl adjacent to an activating group) is 1. The monoisotopic (exact) mass is 788 g/mol. The molecular formula is C42H64N2O12. The zero-order valence-corrected chi connectivity index (χ0v) is 35.0. The van der Waals surface area contributed by atoms with Crippen molar-refractivity contribution in [3.63, 3.8) is 0 Å². The van der Waals surface area contributed by atoms with Crippen LogP contribution < -0.4 is 0 Å².